The molecule has 0 saturated heterocycles. The van der Waals surface area contributed by atoms with E-state index in [-0.39, 0.29) is 5.78 Å². The van der Waals surface area contributed by atoms with Gasteiger partial charge in [-0.3, -0.25) is 4.79 Å². The van der Waals surface area contributed by atoms with E-state index in [4.69, 9.17) is 12.2 Å². The average Bonchev–Trinajstić information content (AvgIpc) is 2.45. The van der Waals surface area contributed by atoms with Crippen LogP contribution in [0.5, 0.6) is 0 Å². The summed E-state index contributed by atoms with van der Waals surface area (Å²) in [7, 11) is 3.51. The molecule has 0 bridgehead atoms. The van der Waals surface area contributed by atoms with Gasteiger partial charge in [-0.05, 0) is 36.7 Å². The van der Waals surface area contributed by atoms with Crippen LogP contribution < -0.4 is 16.0 Å². The summed E-state index contributed by atoms with van der Waals surface area (Å²) in [6.07, 6.45) is 1.83. The van der Waals surface area contributed by atoms with Crippen LogP contribution in [-0.2, 0) is 0 Å². The standard InChI is InChI=1S/C13H17N3OS2/c1-8(19-4)12(17)10-7-9(16-13(18)15-3)5-6-11(10)14-2/h5-7,14H,1H2,2-4H3,(H2,15,16,18). The second-order valence-electron chi connectivity index (χ2n) is 3.67. The predicted molar refractivity (Wildman–Crippen MR) is 88.3 cm³/mol. The van der Waals surface area contributed by atoms with Crippen LogP contribution in [0.2, 0.25) is 0 Å². The maximum atomic E-state index is 12.2. The second-order valence-corrected chi connectivity index (χ2v) is 4.98. The molecule has 3 N–H and O–H groups in total. The lowest BCUT2D eigenvalue weighted by molar-refractivity contribution is 0.104. The van der Waals surface area contributed by atoms with Crippen LogP contribution in [0, 0.1) is 0 Å². The number of anilines is 2. The van der Waals surface area contributed by atoms with E-state index in [1.807, 2.05) is 18.4 Å². The third-order valence-electron chi connectivity index (χ3n) is 2.52. The zero-order valence-corrected chi connectivity index (χ0v) is 12.8. The molecule has 0 aliphatic heterocycles. The minimum absolute atomic E-state index is 0.0872. The van der Waals surface area contributed by atoms with Gasteiger partial charge in [-0.1, -0.05) is 6.58 Å². The van der Waals surface area contributed by atoms with Gasteiger partial charge in [0.2, 0.25) is 5.78 Å². The van der Waals surface area contributed by atoms with Crippen molar-refractivity contribution in [2.45, 2.75) is 0 Å². The number of carbonyl (C=O) groups excluding carboxylic acids is 1. The number of thiocarbonyl (C=S) groups is 1. The molecule has 0 aromatic heterocycles. The predicted octanol–water partition coefficient (Wildman–Crippen LogP) is 2.70. The Balaban J connectivity index is 3.12. The van der Waals surface area contributed by atoms with Crippen LogP contribution in [0.15, 0.2) is 29.7 Å². The fourth-order valence-electron chi connectivity index (χ4n) is 1.46. The summed E-state index contributed by atoms with van der Waals surface area (Å²) in [5.74, 6) is -0.0872. The molecule has 1 aromatic rings. The molecular weight excluding hydrogens is 278 g/mol. The molecule has 4 nitrogen and oxygen atoms in total. The Morgan fingerprint density at radius 3 is 2.58 bits per heavy atom. The van der Waals surface area contributed by atoms with Crippen molar-refractivity contribution in [3.63, 3.8) is 0 Å². The molecule has 0 aliphatic carbocycles. The van der Waals surface area contributed by atoms with Gasteiger partial charge in [0.05, 0.1) is 0 Å². The number of hydrogen-bond acceptors (Lipinski definition) is 4. The summed E-state index contributed by atoms with van der Waals surface area (Å²) >= 11 is 6.38. The molecule has 0 amide bonds. The third kappa shape index (κ3) is 3.97. The van der Waals surface area contributed by atoms with Gasteiger partial charge in [0.25, 0.3) is 0 Å². The molecule has 0 spiro atoms. The van der Waals surface area contributed by atoms with Gasteiger partial charge in [-0.15, -0.1) is 11.8 Å². The summed E-state index contributed by atoms with van der Waals surface area (Å²) in [5, 5.41) is 9.32. The summed E-state index contributed by atoms with van der Waals surface area (Å²) < 4.78 is 0. The number of thioether (sulfide) groups is 1. The maximum Gasteiger partial charge on any atom is 0.200 e. The lowest BCUT2D eigenvalue weighted by atomic mass is 10.1. The minimum atomic E-state index is -0.0872. The topological polar surface area (TPSA) is 53.2 Å². The Kier molecular flexibility index (Phi) is 5.85. The zero-order chi connectivity index (χ0) is 14.4. The molecule has 1 rings (SSSR count). The fraction of sp³-hybridized carbons (Fsp3) is 0.231. The zero-order valence-electron chi connectivity index (χ0n) is 11.2. The number of benzene rings is 1. The van der Waals surface area contributed by atoms with E-state index in [0.29, 0.717) is 15.6 Å². The number of nitrogens with one attached hydrogen (secondary N) is 3. The Morgan fingerprint density at radius 2 is 2.05 bits per heavy atom. The second kappa shape index (κ2) is 7.16. The van der Waals surface area contributed by atoms with Gasteiger partial charge in [0, 0.05) is 35.9 Å². The molecular formula is C13H17N3OS2. The highest BCUT2D eigenvalue weighted by Crippen LogP contribution is 2.25. The van der Waals surface area contributed by atoms with E-state index in [9.17, 15) is 4.79 Å². The van der Waals surface area contributed by atoms with E-state index < -0.39 is 0 Å². The normalized spacial score (nSPS) is 9.63. The largest absolute Gasteiger partial charge is 0.388 e. The Hall–Kier alpha value is -1.53. The van der Waals surface area contributed by atoms with Crippen molar-refractivity contribution >= 4 is 46.3 Å². The van der Waals surface area contributed by atoms with E-state index in [2.05, 4.69) is 22.5 Å². The third-order valence-corrected chi connectivity index (χ3v) is 3.50. The number of hydrogen-bond donors (Lipinski definition) is 3. The first-order chi connectivity index (χ1) is 9.03. The monoisotopic (exact) mass is 295 g/mol. The molecule has 1 aromatic carbocycles. The van der Waals surface area contributed by atoms with Gasteiger partial charge < -0.3 is 16.0 Å². The summed E-state index contributed by atoms with van der Waals surface area (Å²) in [6, 6.07) is 5.45. The quantitative estimate of drug-likeness (QED) is 0.441. The van der Waals surface area contributed by atoms with E-state index in [1.165, 1.54) is 11.8 Å². The van der Waals surface area contributed by atoms with Crippen molar-refractivity contribution in [2.24, 2.45) is 0 Å². The van der Waals surface area contributed by atoms with Crippen molar-refractivity contribution in [1.82, 2.24) is 5.32 Å². The Bertz CT molecular complexity index is 515. The first kappa shape index (κ1) is 15.5. The lowest BCUT2D eigenvalue weighted by Gasteiger charge is -2.13. The number of rotatable bonds is 5. The molecule has 0 saturated carbocycles. The van der Waals surface area contributed by atoms with E-state index >= 15 is 0 Å². The summed E-state index contributed by atoms with van der Waals surface area (Å²) in [6.45, 7) is 3.76. The van der Waals surface area contributed by atoms with Crippen molar-refractivity contribution in [1.29, 1.82) is 0 Å². The highest BCUT2D eigenvalue weighted by atomic mass is 32.2. The van der Waals surface area contributed by atoms with Crippen molar-refractivity contribution < 1.29 is 4.79 Å². The van der Waals surface area contributed by atoms with Gasteiger partial charge in [0.15, 0.2) is 5.11 Å². The smallest absolute Gasteiger partial charge is 0.200 e. The molecule has 19 heavy (non-hydrogen) atoms. The molecule has 0 unspecified atom stereocenters. The van der Waals surface area contributed by atoms with Gasteiger partial charge >= 0.3 is 0 Å². The van der Waals surface area contributed by atoms with Crippen molar-refractivity contribution in [3.8, 4) is 0 Å². The fourth-order valence-corrected chi connectivity index (χ4v) is 1.88. The van der Waals surface area contributed by atoms with Gasteiger partial charge in [-0.25, -0.2) is 0 Å². The van der Waals surface area contributed by atoms with Crippen molar-refractivity contribution in [2.75, 3.05) is 31.0 Å². The highest BCUT2D eigenvalue weighted by Gasteiger charge is 2.14. The molecule has 0 radical (unpaired) electrons. The SMILES string of the molecule is C=C(SC)C(=O)c1cc(NC(=S)NC)ccc1NC. The summed E-state index contributed by atoms with van der Waals surface area (Å²) in [5.41, 5.74) is 2.10. The number of allylic oxidation sites excluding steroid dienone is 1. The van der Waals surface area contributed by atoms with Crippen molar-refractivity contribution in [3.05, 3.63) is 35.2 Å². The average molecular weight is 295 g/mol. The highest BCUT2D eigenvalue weighted by molar-refractivity contribution is 8.03. The van der Waals surface area contributed by atoms with Crippen LogP contribution >= 0.6 is 24.0 Å². The molecule has 0 heterocycles. The Labute approximate surface area is 123 Å². The van der Waals surface area contributed by atoms with E-state index in [0.717, 1.165) is 11.4 Å². The minimum Gasteiger partial charge on any atom is -0.388 e. The first-order valence-corrected chi connectivity index (χ1v) is 7.25. The Morgan fingerprint density at radius 1 is 1.37 bits per heavy atom. The molecule has 0 aliphatic rings. The first-order valence-electron chi connectivity index (χ1n) is 5.61. The number of ketones is 1. The van der Waals surface area contributed by atoms with E-state index in [1.54, 1.807) is 20.2 Å². The molecule has 0 fully saturated rings. The number of carbonyl (C=O) groups is 1. The van der Waals surface area contributed by atoms with Crippen LogP contribution in [0.25, 0.3) is 0 Å². The molecule has 6 heteroatoms. The van der Waals surface area contributed by atoms with Crippen LogP contribution in [0.3, 0.4) is 0 Å². The van der Waals surface area contributed by atoms with Gasteiger partial charge in [0.1, 0.15) is 0 Å². The van der Waals surface area contributed by atoms with Gasteiger partial charge in [-0.2, -0.15) is 0 Å². The number of Topliss-reactive ketones (excluding diaryl/α,β-unsaturated/α-hetero) is 1. The van der Waals surface area contributed by atoms with Crippen LogP contribution in [0.1, 0.15) is 10.4 Å². The van der Waals surface area contributed by atoms with Crippen LogP contribution in [-0.4, -0.2) is 31.2 Å². The molecule has 0 atom stereocenters. The molecule has 102 valence electrons. The lowest BCUT2D eigenvalue weighted by Crippen LogP contribution is -2.24. The van der Waals surface area contributed by atoms with Crippen LogP contribution in [0.4, 0.5) is 11.4 Å². The maximum absolute atomic E-state index is 12.2. The summed E-state index contributed by atoms with van der Waals surface area (Å²) in [4.78, 5) is 12.7.